The van der Waals surface area contributed by atoms with Crippen molar-refractivity contribution in [3.05, 3.63) is 41.1 Å². The fraction of sp³-hybridized carbons (Fsp3) is 0.474. The molecule has 2 aliphatic rings. The zero-order chi connectivity index (χ0) is 17.8. The molecular formula is C19H24N2O4. The Morgan fingerprint density at radius 1 is 1.32 bits per heavy atom. The third-order valence-electron chi connectivity index (χ3n) is 4.86. The first-order chi connectivity index (χ1) is 12.1. The van der Waals surface area contributed by atoms with Gasteiger partial charge in [0.15, 0.2) is 0 Å². The van der Waals surface area contributed by atoms with Gasteiger partial charge in [0.1, 0.15) is 5.75 Å². The van der Waals surface area contributed by atoms with Crippen LogP contribution >= 0.6 is 0 Å². The van der Waals surface area contributed by atoms with E-state index in [1.54, 1.807) is 24.3 Å². The van der Waals surface area contributed by atoms with Gasteiger partial charge in [0.2, 0.25) is 0 Å². The van der Waals surface area contributed by atoms with Crippen molar-refractivity contribution in [2.45, 2.75) is 45.1 Å². The number of carbonyl (C=O) groups excluding carboxylic acids is 2. The quantitative estimate of drug-likeness (QED) is 0.716. The van der Waals surface area contributed by atoms with E-state index in [1.165, 1.54) is 12.8 Å². The number of aromatic hydroxyl groups is 1. The van der Waals surface area contributed by atoms with Crippen LogP contribution < -0.4 is 10.6 Å². The highest BCUT2D eigenvalue weighted by atomic mass is 16.5. The van der Waals surface area contributed by atoms with E-state index in [0.29, 0.717) is 35.8 Å². The molecule has 1 heterocycles. The molecule has 1 aromatic rings. The summed E-state index contributed by atoms with van der Waals surface area (Å²) < 4.78 is 5.56. The number of allylic oxidation sites excluding steroid dienone is 1. The highest BCUT2D eigenvalue weighted by Crippen LogP contribution is 2.31. The highest BCUT2D eigenvalue weighted by molar-refractivity contribution is 5.95. The maximum absolute atomic E-state index is 12.8. The predicted molar refractivity (Wildman–Crippen MR) is 92.7 cm³/mol. The second-order valence-corrected chi connectivity index (χ2v) is 6.62. The summed E-state index contributed by atoms with van der Waals surface area (Å²) in [4.78, 5) is 24.7. The van der Waals surface area contributed by atoms with E-state index < -0.39 is 12.0 Å². The van der Waals surface area contributed by atoms with Gasteiger partial charge in [-0.05, 0) is 42.9 Å². The molecule has 3 N–H and O–H groups in total. The van der Waals surface area contributed by atoms with Crippen LogP contribution in [-0.2, 0) is 9.53 Å². The summed E-state index contributed by atoms with van der Waals surface area (Å²) >= 11 is 0. The number of hydrogen-bond acceptors (Lipinski definition) is 4. The molecule has 1 fully saturated rings. The Labute approximate surface area is 147 Å². The van der Waals surface area contributed by atoms with E-state index in [4.69, 9.17) is 4.74 Å². The average Bonchev–Trinajstić information content (AvgIpc) is 3.12. The van der Waals surface area contributed by atoms with Crippen molar-refractivity contribution in [3.8, 4) is 5.75 Å². The Balaban J connectivity index is 1.86. The summed E-state index contributed by atoms with van der Waals surface area (Å²) in [6.07, 6.45) is 5.08. The van der Waals surface area contributed by atoms with E-state index in [-0.39, 0.29) is 11.8 Å². The lowest BCUT2D eigenvalue weighted by Crippen LogP contribution is -2.46. The van der Waals surface area contributed by atoms with Crippen LogP contribution in [0.5, 0.6) is 5.75 Å². The molecule has 1 aromatic carbocycles. The third kappa shape index (κ3) is 3.95. The number of amides is 2. The standard InChI is InChI=1S/C19H24N2O4/c1-2-15-16(18(23)25-11-12-6-3-4-7-12)17(21-19(24)20-15)13-8-5-9-14(22)10-13/h5,8-10,12,17,22H,2-4,6-7,11H2,1H3,(H2,20,21,24). The van der Waals surface area contributed by atoms with Crippen molar-refractivity contribution in [2.24, 2.45) is 5.92 Å². The number of phenols is 1. The van der Waals surface area contributed by atoms with E-state index in [1.807, 2.05) is 6.92 Å². The van der Waals surface area contributed by atoms with Gasteiger partial charge in [0.05, 0.1) is 18.2 Å². The fourth-order valence-corrected chi connectivity index (χ4v) is 3.54. The van der Waals surface area contributed by atoms with Gasteiger partial charge in [-0.15, -0.1) is 0 Å². The van der Waals surface area contributed by atoms with Crippen LogP contribution in [0.4, 0.5) is 4.79 Å². The second kappa shape index (κ2) is 7.59. The van der Waals surface area contributed by atoms with Crippen molar-refractivity contribution in [3.63, 3.8) is 0 Å². The topological polar surface area (TPSA) is 87.7 Å². The van der Waals surface area contributed by atoms with E-state index >= 15 is 0 Å². The van der Waals surface area contributed by atoms with Crippen LogP contribution in [0.25, 0.3) is 0 Å². The van der Waals surface area contributed by atoms with Crippen LogP contribution in [0, 0.1) is 5.92 Å². The molecule has 0 spiro atoms. The number of ether oxygens (including phenoxy) is 1. The minimum Gasteiger partial charge on any atom is -0.508 e. The van der Waals surface area contributed by atoms with Gasteiger partial charge in [-0.2, -0.15) is 0 Å². The van der Waals surface area contributed by atoms with Gasteiger partial charge in [-0.3, -0.25) is 0 Å². The molecule has 1 aliphatic heterocycles. The van der Waals surface area contributed by atoms with Crippen molar-refractivity contribution < 1.29 is 19.4 Å². The van der Waals surface area contributed by atoms with Gasteiger partial charge in [-0.1, -0.05) is 31.9 Å². The molecule has 0 radical (unpaired) electrons. The number of hydrogen-bond donors (Lipinski definition) is 3. The van der Waals surface area contributed by atoms with Gasteiger partial charge in [0.25, 0.3) is 0 Å². The number of rotatable bonds is 5. The predicted octanol–water partition coefficient (Wildman–Crippen LogP) is 3.14. The average molecular weight is 344 g/mol. The van der Waals surface area contributed by atoms with Crippen LogP contribution in [0.2, 0.25) is 0 Å². The van der Waals surface area contributed by atoms with Crippen LogP contribution in [0.1, 0.15) is 50.6 Å². The molecule has 134 valence electrons. The maximum atomic E-state index is 12.8. The number of carbonyl (C=O) groups is 2. The zero-order valence-corrected chi connectivity index (χ0v) is 14.4. The summed E-state index contributed by atoms with van der Waals surface area (Å²) in [5.74, 6) is 0.103. The number of nitrogens with one attached hydrogen (secondary N) is 2. The van der Waals surface area contributed by atoms with Gasteiger partial charge < -0.3 is 20.5 Å². The molecule has 1 unspecified atom stereocenters. The Bertz CT molecular complexity index is 692. The lowest BCUT2D eigenvalue weighted by Gasteiger charge is -2.29. The molecule has 1 saturated carbocycles. The Morgan fingerprint density at radius 3 is 2.76 bits per heavy atom. The van der Waals surface area contributed by atoms with Gasteiger partial charge in [0, 0.05) is 5.70 Å². The van der Waals surface area contributed by atoms with Crippen molar-refractivity contribution in [1.29, 1.82) is 0 Å². The van der Waals surface area contributed by atoms with Gasteiger partial charge >= 0.3 is 12.0 Å². The normalized spacial score (nSPS) is 21.0. The number of esters is 1. The molecule has 1 atom stereocenters. The lowest BCUT2D eigenvalue weighted by atomic mass is 9.94. The van der Waals surface area contributed by atoms with E-state index in [9.17, 15) is 14.7 Å². The molecule has 2 amide bonds. The molecule has 6 nitrogen and oxygen atoms in total. The van der Waals surface area contributed by atoms with Crippen LogP contribution in [0.3, 0.4) is 0 Å². The molecular weight excluding hydrogens is 320 g/mol. The number of phenolic OH excluding ortho intramolecular Hbond substituents is 1. The van der Waals surface area contributed by atoms with Crippen molar-refractivity contribution in [2.75, 3.05) is 6.61 Å². The Kier molecular flexibility index (Phi) is 5.26. The van der Waals surface area contributed by atoms with Crippen LogP contribution in [-0.4, -0.2) is 23.7 Å². The molecule has 0 aromatic heterocycles. The van der Waals surface area contributed by atoms with Crippen molar-refractivity contribution in [1.82, 2.24) is 10.6 Å². The van der Waals surface area contributed by atoms with E-state index in [2.05, 4.69) is 10.6 Å². The summed E-state index contributed by atoms with van der Waals surface area (Å²) in [6.45, 7) is 2.30. The summed E-state index contributed by atoms with van der Waals surface area (Å²) in [5.41, 5.74) is 1.62. The first-order valence-corrected chi connectivity index (χ1v) is 8.85. The SMILES string of the molecule is CCC1=C(C(=O)OCC2CCCC2)C(c2cccc(O)c2)NC(=O)N1. The maximum Gasteiger partial charge on any atom is 0.338 e. The zero-order valence-electron chi connectivity index (χ0n) is 14.4. The first kappa shape index (κ1) is 17.3. The Hall–Kier alpha value is -2.50. The summed E-state index contributed by atoms with van der Waals surface area (Å²) in [5, 5.41) is 15.2. The van der Waals surface area contributed by atoms with E-state index in [0.717, 1.165) is 12.8 Å². The number of benzene rings is 1. The molecule has 1 aliphatic carbocycles. The molecule has 3 rings (SSSR count). The molecule has 0 saturated heterocycles. The van der Waals surface area contributed by atoms with Crippen LogP contribution in [0.15, 0.2) is 35.5 Å². The van der Waals surface area contributed by atoms with Gasteiger partial charge in [-0.25, -0.2) is 9.59 Å². The fourth-order valence-electron chi connectivity index (χ4n) is 3.54. The number of urea groups is 1. The summed E-state index contributed by atoms with van der Waals surface area (Å²) in [6, 6.07) is 5.56. The highest BCUT2D eigenvalue weighted by Gasteiger charge is 2.33. The third-order valence-corrected chi connectivity index (χ3v) is 4.86. The second-order valence-electron chi connectivity index (χ2n) is 6.62. The largest absolute Gasteiger partial charge is 0.508 e. The lowest BCUT2D eigenvalue weighted by molar-refractivity contribution is -0.140. The molecule has 25 heavy (non-hydrogen) atoms. The minimum absolute atomic E-state index is 0.0852. The minimum atomic E-state index is -0.633. The van der Waals surface area contributed by atoms with Crippen molar-refractivity contribution >= 4 is 12.0 Å². The first-order valence-electron chi connectivity index (χ1n) is 8.85. The molecule has 6 heteroatoms. The Morgan fingerprint density at radius 2 is 2.08 bits per heavy atom. The molecule has 0 bridgehead atoms. The summed E-state index contributed by atoms with van der Waals surface area (Å²) in [7, 11) is 0. The monoisotopic (exact) mass is 344 g/mol. The smallest absolute Gasteiger partial charge is 0.338 e.